The largest absolute Gasteiger partial charge is 0.355 e. The molecule has 0 bridgehead atoms. The van der Waals surface area contributed by atoms with Crippen LogP contribution in [0, 0.1) is 0 Å². The lowest BCUT2D eigenvalue weighted by molar-refractivity contribution is -0.426. The number of likely N-dealkylation sites (tertiary alicyclic amines) is 1. The predicted octanol–water partition coefficient (Wildman–Crippen LogP) is -0.256. The summed E-state index contributed by atoms with van der Waals surface area (Å²) in [5, 5.41) is 0. The molecule has 3 N–H and O–H groups in total. The van der Waals surface area contributed by atoms with Crippen LogP contribution in [0.25, 0.3) is 0 Å². The van der Waals surface area contributed by atoms with Crippen molar-refractivity contribution in [2.24, 2.45) is 0 Å². The number of nitrogens with zero attached hydrogens (tertiary/aromatic N) is 1. The Morgan fingerprint density at radius 1 is 1.33 bits per heavy atom. The fourth-order valence-electron chi connectivity index (χ4n) is 1.06. The molecular weight excluding hydrogens is 136 g/mol. The van der Waals surface area contributed by atoms with Crippen molar-refractivity contribution in [2.75, 3.05) is 20.1 Å². The summed E-state index contributed by atoms with van der Waals surface area (Å²) < 4.78 is 0. The van der Waals surface area contributed by atoms with Crippen LogP contribution in [-0.4, -0.2) is 31.1 Å². The first-order valence-electron chi connectivity index (χ1n) is 3.30. The Balaban J connectivity index is 0.000000640. The minimum atomic E-state index is 0. The highest BCUT2D eigenvalue weighted by molar-refractivity contribution is 5.85. The Labute approximate surface area is 62.8 Å². The van der Waals surface area contributed by atoms with Gasteiger partial charge in [0.1, 0.15) is 0 Å². The second kappa shape index (κ2) is 4.09. The maximum Gasteiger partial charge on any atom is 0.0868 e. The molecule has 0 radical (unpaired) electrons. The van der Waals surface area contributed by atoms with Crippen LogP contribution >= 0.6 is 12.4 Å². The molecular formula is C6H16ClN2+. The first-order chi connectivity index (χ1) is 3.79. The van der Waals surface area contributed by atoms with Gasteiger partial charge >= 0.3 is 0 Å². The Morgan fingerprint density at radius 2 is 1.78 bits per heavy atom. The highest BCUT2D eigenvalue weighted by atomic mass is 35.5. The molecule has 0 aromatic heterocycles. The quantitative estimate of drug-likeness (QED) is 0.509. The first-order valence-corrected chi connectivity index (χ1v) is 3.30. The lowest BCUT2D eigenvalue weighted by atomic mass is 10.1. The zero-order chi connectivity index (χ0) is 5.98. The monoisotopic (exact) mass is 151 g/mol. The van der Waals surface area contributed by atoms with Crippen LogP contribution < -0.4 is 5.73 Å². The van der Waals surface area contributed by atoms with Crippen LogP contribution in [0.15, 0.2) is 0 Å². The molecule has 0 aliphatic carbocycles. The number of quaternary nitrogens is 1. The number of hydrogen-bond acceptors (Lipinski definition) is 1. The highest BCUT2D eigenvalue weighted by Gasteiger charge is 2.13. The average Bonchev–Trinajstić information content (AvgIpc) is 1.77. The fraction of sp³-hybridized carbons (Fsp3) is 1.00. The van der Waals surface area contributed by atoms with Gasteiger partial charge in [0.15, 0.2) is 0 Å². The molecule has 1 aliphatic rings. The molecule has 1 aliphatic heterocycles. The van der Waals surface area contributed by atoms with Crippen molar-refractivity contribution in [1.82, 2.24) is 4.90 Å². The molecule has 0 atom stereocenters. The molecule has 1 fully saturated rings. The van der Waals surface area contributed by atoms with Crippen molar-refractivity contribution < 1.29 is 5.73 Å². The third-order valence-corrected chi connectivity index (χ3v) is 1.84. The van der Waals surface area contributed by atoms with Gasteiger partial charge in [-0.05, 0) is 7.05 Å². The van der Waals surface area contributed by atoms with E-state index >= 15 is 0 Å². The molecule has 1 saturated heterocycles. The zero-order valence-corrected chi connectivity index (χ0v) is 6.78. The Bertz CT molecular complexity index is 59.5. The highest BCUT2D eigenvalue weighted by Crippen LogP contribution is 2.02. The molecule has 2 nitrogen and oxygen atoms in total. The van der Waals surface area contributed by atoms with Crippen LogP contribution in [0.3, 0.4) is 0 Å². The van der Waals surface area contributed by atoms with Crippen LogP contribution in [0.1, 0.15) is 12.8 Å². The van der Waals surface area contributed by atoms with Crippen molar-refractivity contribution in [3.63, 3.8) is 0 Å². The van der Waals surface area contributed by atoms with Gasteiger partial charge in [-0.3, -0.25) is 0 Å². The van der Waals surface area contributed by atoms with Crippen molar-refractivity contribution in [1.29, 1.82) is 0 Å². The topological polar surface area (TPSA) is 30.9 Å². The van der Waals surface area contributed by atoms with Crippen molar-refractivity contribution in [3.8, 4) is 0 Å². The summed E-state index contributed by atoms with van der Waals surface area (Å²) in [6.07, 6.45) is 2.58. The second-order valence-electron chi connectivity index (χ2n) is 2.75. The van der Waals surface area contributed by atoms with Gasteiger partial charge < -0.3 is 10.6 Å². The van der Waals surface area contributed by atoms with Crippen LogP contribution in [0.4, 0.5) is 0 Å². The number of hydrogen-bond donors (Lipinski definition) is 1. The summed E-state index contributed by atoms with van der Waals surface area (Å²) in [7, 11) is 2.17. The van der Waals surface area contributed by atoms with E-state index < -0.39 is 0 Å². The van der Waals surface area contributed by atoms with Crippen molar-refractivity contribution >= 4 is 12.4 Å². The van der Waals surface area contributed by atoms with E-state index in [-0.39, 0.29) is 12.4 Å². The number of halogens is 1. The minimum Gasteiger partial charge on any atom is -0.355 e. The van der Waals surface area contributed by atoms with Gasteiger partial charge in [0, 0.05) is 25.9 Å². The molecule has 0 unspecified atom stereocenters. The van der Waals surface area contributed by atoms with E-state index in [1.807, 2.05) is 0 Å². The molecule has 9 heavy (non-hydrogen) atoms. The molecule has 1 heterocycles. The van der Waals surface area contributed by atoms with E-state index in [9.17, 15) is 0 Å². The van der Waals surface area contributed by atoms with Crippen molar-refractivity contribution in [3.05, 3.63) is 0 Å². The van der Waals surface area contributed by atoms with Gasteiger partial charge in [-0.15, -0.1) is 12.4 Å². The van der Waals surface area contributed by atoms with E-state index in [0.717, 1.165) is 6.04 Å². The Hall–Kier alpha value is 0.210. The molecule has 0 saturated carbocycles. The molecule has 56 valence electrons. The average molecular weight is 152 g/mol. The van der Waals surface area contributed by atoms with Gasteiger partial charge in [-0.1, -0.05) is 0 Å². The Morgan fingerprint density at radius 3 is 2.11 bits per heavy atom. The third kappa shape index (κ3) is 3.04. The van der Waals surface area contributed by atoms with Gasteiger partial charge in [0.2, 0.25) is 0 Å². The summed E-state index contributed by atoms with van der Waals surface area (Å²) >= 11 is 0. The van der Waals surface area contributed by atoms with Gasteiger partial charge in [-0.25, -0.2) is 0 Å². The number of rotatable bonds is 0. The molecule has 0 aromatic carbocycles. The van der Waals surface area contributed by atoms with Gasteiger partial charge in [-0.2, -0.15) is 0 Å². The summed E-state index contributed by atoms with van der Waals surface area (Å²) in [4.78, 5) is 2.36. The standard InChI is InChI=1S/C6H14N2.ClH/c1-8-4-2-6(7)3-5-8;/h6H,2-5,7H2,1H3;1H/p+1. The van der Waals surface area contributed by atoms with E-state index in [1.54, 1.807) is 0 Å². The van der Waals surface area contributed by atoms with Crippen LogP contribution in [-0.2, 0) is 0 Å². The van der Waals surface area contributed by atoms with E-state index in [1.165, 1.54) is 25.9 Å². The molecule has 0 amide bonds. The van der Waals surface area contributed by atoms with E-state index in [4.69, 9.17) is 0 Å². The fourth-order valence-corrected chi connectivity index (χ4v) is 1.06. The van der Waals surface area contributed by atoms with Gasteiger partial charge in [0.25, 0.3) is 0 Å². The Kier molecular flexibility index (Phi) is 4.19. The van der Waals surface area contributed by atoms with Crippen LogP contribution in [0.2, 0.25) is 0 Å². The molecule has 0 spiro atoms. The van der Waals surface area contributed by atoms with Crippen molar-refractivity contribution in [2.45, 2.75) is 18.9 Å². The zero-order valence-electron chi connectivity index (χ0n) is 5.97. The number of piperidine rings is 1. The summed E-state index contributed by atoms with van der Waals surface area (Å²) in [6.45, 7) is 2.49. The molecule has 0 aromatic rings. The SMILES string of the molecule is CN1CCC([NH3+])CC1.Cl. The predicted molar refractivity (Wildman–Crippen MR) is 40.7 cm³/mol. The lowest BCUT2D eigenvalue weighted by Crippen LogP contribution is -2.63. The minimum absolute atomic E-state index is 0. The molecule has 3 heteroatoms. The summed E-state index contributed by atoms with van der Waals surface area (Å²) in [5.74, 6) is 0. The second-order valence-corrected chi connectivity index (χ2v) is 2.75. The smallest absolute Gasteiger partial charge is 0.0868 e. The van der Waals surface area contributed by atoms with E-state index in [2.05, 4.69) is 17.7 Å². The third-order valence-electron chi connectivity index (χ3n) is 1.84. The lowest BCUT2D eigenvalue weighted by Gasteiger charge is -2.23. The first kappa shape index (κ1) is 9.21. The summed E-state index contributed by atoms with van der Waals surface area (Å²) in [6, 6.07) is 0.728. The normalized spacial score (nSPS) is 23.3. The van der Waals surface area contributed by atoms with Crippen LogP contribution in [0.5, 0.6) is 0 Å². The maximum atomic E-state index is 4.01. The molecule has 1 rings (SSSR count). The van der Waals surface area contributed by atoms with Gasteiger partial charge in [0.05, 0.1) is 6.04 Å². The maximum absolute atomic E-state index is 4.01. The van der Waals surface area contributed by atoms with E-state index in [0.29, 0.717) is 0 Å². The summed E-state index contributed by atoms with van der Waals surface area (Å²) in [5.41, 5.74) is 4.01.